The second kappa shape index (κ2) is 9.28. The van der Waals surface area contributed by atoms with Gasteiger partial charge in [-0.05, 0) is 18.2 Å². The van der Waals surface area contributed by atoms with Crippen molar-refractivity contribution < 1.29 is 18.7 Å². The molecular formula is C14H22FN3O3. The second-order valence-electron chi connectivity index (χ2n) is 4.54. The Morgan fingerprint density at radius 2 is 1.90 bits per heavy atom. The van der Waals surface area contributed by atoms with Gasteiger partial charge in [-0.3, -0.25) is 9.69 Å². The number of methoxy groups -OCH3 is 2. The second-order valence-corrected chi connectivity index (χ2v) is 4.54. The molecule has 0 aromatic heterocycles. The van der Waals surface area contributed by atoms with E-state index in [1.165, 1.54) is 18.2 Å². The summed E-state index contributed by atoms with van der Waals surface area (Å²) in [5, 5.41) is 2.67. The Kier molecular flexibility index (Phi) is 7.66. The topological polar surface area (TPSA) is 76.8 Å². The molecule has 1 aromatic rings. The fraction of sp³-hybridized carbons (Fsp3) is 0.500. The maximum atomic E-state index is 12.9. The van der Waals surface area contributed by atoms with Crippen LogP contribution in [0.3, 0.4) is 0 Å². The first-order chi connectivity index (χ1) is 10.1. The molecule has 0 saturated carbocycles. The van der Waals surface area contributed by atoms with Gasteiger partial charge < -0.3 is 20.5 Å². The van der Waals surface area contributed by atoms with Crippen LogP contribution >= 0.6 is 0 Å². The van der Waals surface area contributed by atoms with E-state index in [1.54, 1.807) is 14.2 Å². The van der Waals surface area contributed by atoms with Gasteiger partial charge in [-0.2, -0.15) is 0 Å². The normalized spacial score (nSPS) is 10.9. The highest BCUT2D eigenvalue weighted by Crippen LogP contribution is 2.18. The average Bonchev–Trinajstić information content (AvgIpc) is 2.45. The quantitative estimate of drug-likeness (QED) is 0.664. The molecule has 1 aromatic carbocycles. The van der Waals surface area contributed by atoms with Crippen molar-refractivity contribution >= 4 is 17.3 Å². The van der Waals surface area contributed by atoms with Gasteiger partial charge in [0.1, 0.15) is 5.82 Å². The summed E-state index contributed by atoms with van der Waals surface area (Å²) in [5.74, 6) is -0.659. The fourth-order valence-corrected chi connectivity index (χ4v) is 1.75. The van der Waals surface area contributed by atoms with Crippen molar-refractivity contribution in [1.82, 2.24) is 4.90 Å². The number of carbonyl (C=O) groups excluding carboxylic acids is 1. The molecule has 0 aliphatic heterocycles. The number of carbonyl (C=O) groups is 1. The first-order valence-corrected chi connectivity index (χ1v) is 6.62. The number of nitrogens with zero attached hydrogens (tertiary/aromatic N) is 1. The van der Waals surface area contributed by atoms with E-state index in [2.05, 4.69) is 5.32 Å². The maximum Gasteiger partial charge on any atom is 0.238 e. The zero-order valence-corrected chi connectivity index (χ0v) is 12.4. The Hall–Kier alpha value is -1.70. The van der Waals surface area contributed by atoms with Gasteiger partial charge in [0.2, 0.25) is 5.91 Å². The molecule has 1 rings (SSSR count). The minimum Gasteiger partial charge on any atom is -0.397 e. The van der Waals surface area contributed by atoms with Gasteiger partial charge in [-0.25, -0.2) is 4.39 Å². The first kappa shape index (κ1) is 17.4. The van der Waals surface area contributed by atoms with E-state index in [0.717, 1.165) is 0 Å². The molecule has 0 radical (unpaired) electrons. The Morgan fingerprint density at radius 3 is 2.43 bits per heavy atom. The summed E-state index contributed by atoms with van der Waals surface area (Å²) in [6, 6.07) is 3.86. The summed E-state index contributed by atoms with van der Waals surface area (Å²) in [4.78, 5) is 13.9. The number of hydrogen-bond donors (Lipinski definition) is 2. The van der Waals surface area contributed by atoms with Crippen LogP contribution in [0.5, 0.6) is 0 Å². The number of anilines is 2. The van der Waals surface area contributed by atoms with Crippen molar-refractivity contribution in [2.45, 2.75) is 0 Å². The van der Waals surface area contributed by atoms with Crippen LogP contribution in [-0.4, -0.2) is 57.9 Å². The van der Waals surface area contributed by atoms with Crippen molar-refractivity contribution in [1.29, 1.82) is 0 Å². The van der Waals surface area contributed by atoms with Gasteiger partial charge in [-0.1, -0.05) is 0 Å². The molecule has 118 valence electrons. The Balaban J connectivity index is 2.55. The molecule has 0 heterocycles. The number of benzene rings is 1. The summed E-state index contributed by atoms with van der Waals surface area (Å²) in [7, 11) is 3.21. The molecule has 0 atom stereocenters. The number of nitrogens with one attached hydrogen (secondary N) is 1. The van der Waals surface area contributed by atoms with Crippen LogP contribution in [0.4, 0.5) is 15.8 Å². The van der Waals surface area contributed by atoms with Crippen LogP contribution in [0.15, 0.2) is 18.2 Å². The molecule has 7 heteroatoms. The van der Waals surface area contributed by atoms with Crippen LogP contribution in [-0.2, 0) is 14.3 Å². The molecule has 1 amide bonds. The van der Waals surface area contributed by atoms with Gasteiger partial charge in [0.25, 0.3) is 0 Å². The number of ether oxygens (including phenoxy) is 2. The molecule has 0 unspecified atom stereocenters. The number of nitrogen functional groups attached to an aromatic ring is 1. The molecule has 0 bridgehead atoms. The minimum absolute atomic E-state index is 0.184. The third-order valence-corrected chi connectivity index (χ3v) is 2.88. The van der Waals surface area contributed by atoms with Crippen LogP contribution < -0.4 is 11.1 Å². The van der Waals surface area contributed by atoms with Crippen LogP contribution in [0, 0.1) is 5.82 Å². The average molecular weight is 299 g/mol. The van der Waals surface area contributed by atoms with E-state index in [1.807, 2.05) is 4.90 Å². The molecular weight excluding hydrogens is 277 g/mol. The molecule has 3 N–H and O–H groups in total. The molecule has 0 aliphatic carbocycles. The summed E-state index contributed by atoms with van der Waals surface area (Å²) in [6.45, 7) is 2.47. The van der Waals surface area contributed by atoms with Crippen molar-refractivity contribution in [3.05, 3.63) is 24.0 Å². The number of rotatable bonds is 9. The Labute approximate surface area is 124 Å². The van der Waals surface area contributed by atoms with E-state index >= 15 is 0 Å². The van der Waals surface area contributed by atoms with Gasteiger partial charge in [0.05, 0.1) is 31.1 Å². The van der Waals surface area contributed by atoms with Gasteiger partial charge in [0, 0.05) is 27.3 Å². The van der Waals surface area contributed by atoms with Crippen LogP contribution in [0.25, 0.3) is 0 Å². The minimum atomic E-state index is -0.438. The Morgan fingerprint density at radius 1 is 1.29 bits per heavy atom. The van der Waals surface area contributed by atoms with E-state index in [0.29, 0.717) is 32.0 Å². The largest absolute Gasteiger partial charge is 0.397 e. The molecule has 21 heavy (non-hydrogen) atoms. The predicted molar refractivity (Wildman–Crippen MR) is 79.6 cm³/mol. The highest BCUT2D eigenvalue weighted by molar-refractivity contribution is 5.95. The fourth-order valence-electron chi connectivity index (χ4n) is 1.75. The highest BCUT2D eigenvalue weighted by Gasteiger charge is 2.12. The number of hydrogen-bond acceptors (Lipinski definition) is 5. The van der Waals surface area contributed by atoms with Crippen molar-refractivity contribution in [2.75, 3.05) is 58.1 Å². The lowest BCUT2D eigenvalue weighted by atomic mass is 10.2. The van der Waals surface area contributed by atoms with Crippen molar-refractivity contribution in [3.63, 3.8) is 0 Å². The SMILES string of the molecule is COCCN(CCOC)CC(=O)Nc1ccc(F)cc1N. The number of halogens is 1. The summed E-state index contributed by atoms with van der Waals surface area (Å²) in [5.41, 5.74) is 6.25. The smallest absolute Gasteiger partial charge is 0.238 e. The molecule has 0 spiro atoms. The zero-order valence-electron chi connectivity index (χ0n) is 12.4. The lowest BCUT2D eigenvalue weighted by Gasteiger charge is -2.21. The zero-order chi connectivity index (χ0) is 15.7. The van der Waals surface area contributed by atoms with E-state index in [4.69, 9.17) is 15.2 Å². The number of amides is 1. The summed E-state index contributed by atoms with van der Waals surface area (Å²) in [6.07, 6.45) is 0. The molecule has 0 aliphatic rings. The lowest BCUT2D eigenvalue weighted by molar-refractivity contribution is -0.117. The van der Waals surface area contributed by atoms with Gasteiger partial charge in [0.15, 0.2) is 0 Å². The molecule has 0 fully saturated rings. The van der Waals surface area contributed by atoms with E-state index < -0.39 is 5.82 Å². The maximum absolute atomic E-state index is 12.9. The van der Waals surface area contributed by atoms with E-state index in [9.17, 15) is 9.18 Å². The summed E-state index contributed by atoms with van der Waals surface area (Å²) >= 11 is 0. The van der Waals surface area contributed by atoms with Gasteiger partial charge >= 0.3 is 0 Å². The Bertz CT molecular complexity index is 449. The first-order valence-electron chi connectivity index (χ1n) is 6.62. The third kappa shape index (κ3) is 6.52. The standard InChI is InChI=1S/C14H22FN3O3/c1-20-7-5-18(6-8-21-2)10-14(19)17-13-4-3-11(15)9-12(13)16/h3-4,9H,5-8,10,16H2,1-2H3,(H,17,19). The third-order valence-electron chi connectivity index (χ3n) is 2.88. The van der Waals surface area contributed by atoms with Crippen molar-refractivity contribution in [3.8, 4) is 0 Å². The van der Waals surface area contributed by atoms with Gasteiger partial charge in [-0.15, -0.1) is 0 Å². The molecule has 0 saturated heterocycles. The van der Waals surface area contributed by atoms with Crippen LogP contribution in [0.2, 0.25) is 0 Å². The highest BCUT2D eigenvalue weighted by atomic mass is 19.1. The van der Waals surface area contributed by atoms with Crippen molar-refractivity contribution in [2.24, 2.45) is 0 Å². The lowest BCUT2D eigenvalue weighted by Crippen LogP contribution is -2.37. The monoisotopic (exact) mass is 299 g/mol. The van der Waals surface area contributed by atoms with E-state index in [-0.39, 0.29) is 18.1 Å². The molecule has 6 nitrogen and oxygen atoms in total. The predicted octanol–water partition coefficient (Wildman–Crippen LogP) is 0.941. The van der Waals surface area contributed by atoms with Crippen LogP contribution in [0.1, 0.15) is 0 Å². The number of nitrogens with two attached hydrogens (primary N) is 1. The summed E-state index contributed by atoms with van der Waals surface area (Å²) < 4.78 is 23.0.